The zero-order chi connectivity index (χ0) is 26.5. The first-order chi connectivity index (χ1) is 17.8. The number of esters is 1. The third kappa shape index (κ3) is 5.23. The number of hydrogen-bond acceptors (Lipinski definition) is 6. The number of aromatic nitrogens is 2. The largest absolute Gasteiger partial charge is 0.480 e. The molecule has 0 spiro atoms. The molecule has 190 valence electrons. The molecule has 2 aromatic heterocycles. The number of ether oxygens (including phenoxy) is 2. The number of carbonyl (C=O) groups excluding carboxylic acids is 3. The molecule has 2 N–H and O–H groups in total. The number of ketones is 1. The summed E-state index contributed by atoms with van der Waals surface area (Å²) in [5.41, 5.74) is 11.1. The van der Waals surface area contributed by atoms with E-state index >= 15 is 0 Å². The van der Waals surface area contributed by atoms with Crippen LogP contribution in [0.3, 0.4) is 0 Å². The van der Waals surface area contributed by atoms with E-state index in [1.165, 1.54) is 0 Å². The first-order valence-corrected chi connectivity index (χ1v) is 12.2. The first kappa shape index (κ1) is 25.6. The summed E-state index contributed by atoms with van der Waals surface area (Å²) in [5.74, 6) is -2.20. The Bertz CT molecular complexity index is 1470. The number of aryl methyl sites for hydroxylation is 1. The second-order valence-corrected chi connectivity index (χ2v) is 8.55. The van der Waals surface area contributed by atoms with Crippen LogP contribution < -0.4 is 10.5 Å². The Morgan fingerprint density at radius 2 is 1.70 bits per heavy atom. The van der Waals surface area contributed by atoms with Gasteiger partial charge >= 0.3 is 5.97 Å². The molecule has 0 saturated carbocycles. The summed E-state index contributed by atoms with van der Waals surface area (Å²) in [6, 6.07) is 19.7. The van der Waals surface area contributed by atoms with E-state index in [1.807, 2.05) is 61.5 Å². The number of nitrogens with zero attached hydrogens (tertiary/aromatic N) is 2. The molecule has 8 nitrogen and oxygen atoms in total. The van der Waals surface area contributed by atoms with Gasteiger partial charge in [0.25, 0.3) is 11.7 Å². The van der Waals surface area contributed by atoms with Crippen LogP contribution in [0.4, 0.5) is 0 Å². The van der Waals surface area contributed by atoms with Crippen molar-refractivity contribution in [3.05, 3.63) is 88.7 Å². The van der Waals surface area contributed by atoms with Crippen molar-refractivity contribution in [2.75, 3.05) is 13.2 Å². The van der Waals surface area contributed by atoms with Gasteiger partial charge in [-0.3, -0.25) is 9.59 Å². The van der Waals surface area contributed by atoms with Crippen molar-refractivity contribution in [1.82, 2.24) is 9.61 Å². The topological polar surface area (TPSA) is 113 Å². The van der Waals surface area contributed by atoms with E-state index in [4.69, 9.17) is 15.2 Å². The van der Waals surface area contributed by atoms with Crippen LogP contribution in [0.5, 0.6) is 5.75 Å². The van der Waals surface area contributed by atoms with E-state index in [9.17, 15) is 14.4 Å². The minimum Gasteiger partial charge on any atom is -0.480 e. The Morgan fingerprint density at radius 1 is 1.00 bits per heavy atom. The maximum atomic E-state index is 13.1. The standard InChI is InChI=1S/C29H29N3O5/c1-4-21-23(16-20-13-9-10-14-22(20)19-11-7-6-8-12-19)32-27(26(21)28(34)29(30)35)24(15-18(3)31-32)37-17-25(33)36-5-2/h6-15H,4-5,16-17H2,1-3H3,(H2,30,35). The molecule has 1 amide bonds. The van der Waals surface area contributed by atoms with Gasteiger partial charge in [-0.15, -0.1) is 0 Å². The molecule has 0 atom stereocenters. The van der Waals surface area contributed by atoms with Crippen molar-refractivity contribution in [1.29, 1.82) is 0 Å². The van der Waals surface area contributed by atoms with Gasteiger partial charge in [0.15, 0.2) is 6.61 Å². The lowest BCUT2D eigenvalue weighted by Crippen LogP contribution is -2.24. The fourth-order valence-corrected chi connectivity index (χ4v) is 4.57. The molecule has 8 heteroatoms. The fourth-order valence-electron chi connectivity index (χ4n) is 4.57. The van der Waals surface area contributed by atoms with E-state index in [2.05, 4.69) is 5.10 Å². The van der Waals surface area contributed by atoms with Crippen LogP contribution in [-0.4, -0.2) is 40.5 Å². The highest BCUT2D eigenvalue weighted by atomic mass is 16.6. The second kappa shape index (κ2) is 11.1. The van der Waals surface area contributed by atoms with E-state index in [-0.39, 0.29) is 24.5 Å². The van der Waals surface area contributed by atoms with Crippen molar-refractivity contribution < 1.29 is 23.9 Å². The maximum Gasteiger partial charge on any atom is 0.344 e. The molecule has 0 unspecified atom stereocenters. The Labute approximate surface area is 215 Å². The number of carbonyl (C=O) groups is 3. The Morgan fingerprint density at radius 3 is 2.38 bits per heavy atom. The lowest BCUT2D eigenvalue weighted by Gasteiger charge is -2.12. The normalized spacial score (nSPS) is 10.9. The SMILES string of the molecule is CCOC(=O)COc1cc(C)nn2c(Cc3ccccc3-c3ccccc3)c(CC)c(C(=O)C(N)=O)c12. The molecule has 0 aliphatic carbocycles. The van der Waals surface area contributed by atoms with Gasteiger partial charge in [0.1, 0.15) is 11.3 Å². The van der Waals surface area contributed by atoms with Crippen LogP contribution in [0.2, 0.25) is 0 Å². The highest BCUT2D eigenvalue weighted by Gasteiger charge is 2.29. The summed E-state index contributed by atoms with van der Waals surface area (Å²) in [6.45, 7) is 5.27. The number of fused-ring (bicyclic) bond motifs is 1. The average Bonchev–Trinajstić information content (AvgIpc) is 3.20. The highest BCUT2D eigenvalue weighted by molar-refractivity contribution is 6.44. The van der Waals surface area contributed by atoms with Crippen molar-refractivity contribution >= 4 is 23.2 Å². The number of primary amides is 1. The summed E-state index contributed by atoms with van der Waals surface area (Å²) in [5, 5.41) is 4.69. The monoisotopic (exact) mass is 499 g/mol. The number of nitrogens with two attached hydrogens (primary N) is 1. The quantitative estimate of drug-likeness (QED) is 0.200. The lowest BCUT2D eigenvalue weighted by molar-refractivity contribution is -0.145. The summed E-state index contributed by atoms with van der Waals surface area (Å²) < 4.78 is 12.4. The number of amides is 1. The zero-order valence-electron chi connectivity index (χ0n) is 21.1. The van der Waals surface area contributed by atoms with E-state index in [1.54, 1.807) is 24.4 Å². The van der Waals surface area contributed by atoms with Gasteiger partial charge in [0, 0.05) is 12.5 Å². The molecule has 2 heterocycles. The molecule has 0 aliphatic rings. The average molecular weight is 500 g/mol. The predicted octanol–water partition coefficient (Wildman–Crippen LogP) is 4.07. The summed E-state index contributed by atoms with van der Waals surface area (Å²) in [6.07, 6.45) is 0.895. The van der Waals surface area contributed by atoms with Gasteiger partial charge in [-0.2, -0.15) is 5.10 Å². The minimum atomic E-state index is -1.07. The highest BCUT2D eigenvalue weighted by Crippen LogP contribution is 2.34. The molecular formula is C29H29N3O5. The number of hydrogen-bond donors (Lipinski definition) is 1. The zero-order valence-corrected chi connectivity index (χ0v) is 21.1. The predicted molar refractivity (Wildman–Crippen MR) is 140 cm³/mol. The van der Waals surface area contributed by atoms with Gasteiger partial charge in [-0.25, -0.2) is 9.31 Å². The van der Waals surface area contributed by atoms with Crippen molar-refractivity contribution in [2.24, 2.45) is 5.73 Å². The Balaban J connectivity index is 1.93. The minimum absolute atomic E-state index is 0.147. The van der Waals surface area contributed by atoms with Gasteiger partial charge in [-0.1, -0.05) is 61.5 Å². The van der Waals surface area contributed by atoms with Crippen LogP contribution in [0.25, 0.3) is 16.6 Å². The van der Waals surface area contributed by atoms with E-state index < -0.39 is 17.7 Å². The van der Waals surface area contributed by atoms with Gasteiger partial charge in [-0.05, 0) is 42.5 Å². The Hall–Kier alpha value is -4.46. The number of Topliss-reactive ketones (excluding diaryl/α,β-unsaturated/α-hetero) is 1. The second-order valence-electron chi connectivity index (χ2n) is 8.55. The van der Waals surface area contributed by atoms with Gasteiger partial charge in [0.2, 0.25) is 0 Å². The van der Waals surface area contributed by atoms with Crippen LogP contribution >= 0.6 is 0 Å². The molecule has 4 aromatic rings. The smallest absolute Gasteiger partial charge is 0.344 e. The van der Waals surface area contributed by atoms with Gasteiger partial charge < -0.3 is 15.2 Å². The van der Waals surface area contributed by atoms with Crippen LogP contribution in [0, 0.1) is 6.92 Å². The molecule has 4 rings (SSSR count). The third-order valence-corrected chi connectivity index (χ3v) is 6.10. The Kier molecular flexibility index (Phi) is 7.67. The molecule has 0 bridgehead atoms. The van der Waals surface area contributed by atoms with Gasteiger partial charge in [0.05, 0.1) is 23.6 Å². The molecular weight excluding hydrogens is 470 g/mol. The van der Waals surface area contributed by atoms with Crippen molar-refractivity contribution in [3.8, 4) is 16.9 Å². The molecule has 2 aromatic carbocycles. The van der Waals surface area contributed by atoms with E-state index in [0.717, 1.165) is 22.4 Å². The first-order valence-electron chi connectivity index (χ1n) is 12.2. The molecule has 0 saturated heterocycles. The summed E-state index contributed by atoms with van der Waals surface area (Å²) in [7, 11) is 0. The van der Waals surface area contributed by atoms with Crippen LogP contribution in [-0.2, 0) is 27.2 Å². The molecule has 0 fully saturated rings. The van der Waals surface area contributed by atoms with Crippen molar-refractivity contribution in [3.63, 3.8) is 0 Å². The van der Waals surface area contributed by atoms with Crippen LogP contribution in [0.1, 0.15) is 46.7 Å². The third-order valence-electron chi connectivity index (χ3n) is 6.10. The van der Waals surface area contributed by atoms with Crippen molar-refractivity contribution in [2.45, 2.75) is 33.6 Å². The molecule has 37 heavy (non-hydrogen) atoms. The molecule has 0 aliphatic heterocycles. The van der Waals surface area contributed by atoms with Crippen LogP contribution in [0.15, 0.2) is 60.7 Å². The van der Waals surface area contributed by atoms with E-state index in [0.29, 0.717) is 29.6 Å². The summed E-state index contributed by atoms with van der Waals surface area (Å²) >= 11 is 0. The lowest BCUT2D eigenvalue weighted by atomic mass is 9.94. The number of rotatable bonds is 10. The maximum absolute atomic E-state index is 13.1. The summed E-state index contributed by atoms with van der Waals surface area (Å²) in [4.78, 5) is 37.2. The number of benzene rings is 2. The fraction of sp³-hybridized carbons (Fsp3) is 0.241. The molecule has 0 radical (unpaired) electrons.